The molecule has 1 aliphatic rings. The summed E-state index contributed by atoms with van der Waals surface area (Å²) in [7, 11) is 0. The van der Waals surface area contributed by atoms with Crippen molar-refractivity contribution in [3.63, 3.8) is 0 Å². The molecule has 0 aromatic heterocycles. The molecular weight excluding hydrogens is 214 g/mol. The normalized spacial score (nSPS) is 28.4. The summed E-state index contributed by atoms with van der Waals surface area (Å²) < 4.78 is 4.67. The van der Waals surface area contributed by atoms with Gasteiger partial charge in [-0.05, 0) is 12.8 Å². The fraction of sp³-hybridized carbons (Fsp3) is 0.600. The number of ether oxygens (including phenoxy) is 1. The van der Waals surface area contributed by atoms with Crippen LogP contribution in [0.3, 0.4) is 0 Å². The maximum absolute atomic E-state index is 11.1. The van der Waals surface area contributed by atoms with E-state index in [0.29, 0.717) is 0 Å². The number of aliphatic hydroxyl groups is 1. The molecule has 0 radical (unpaired) electrons. The highest BCUT2D eigenvalue weighted by molar-refractivity contribution is 5.71. The van der Waals surface area contributed by atoms with Gasteiger partial charge in [0, 0.05) is 0 Å². The topological polar surface area (TPSA) is 95.9 Å². The monoisotopic (exact) mass is 229 g/mol. The first-order valence-corrected chi connectivity index (χ1v) is 4.99. The van der Waals surface area contributed by atoms with Gasteiger partial charge < -0.3 is 20.3 Å². The van der Waals surface area contributed by atoms with Crippen LogP contribution in [0.15, 0.2) is 12.7 Å². The van der Waals surface area contributed by atoms with Crippen molar-refractivity contribution in [2.45, 2.75) is 25.0 Å². The summed E-state index contributed by atoms with van der Waals surface area (Å²) in [6.45, 7) is 3.46. The highest BCUT2D eigenvalue weighted by Gasteiger charge is 2.37. The van der Waals surface area contributed by atoms with E-state index in [0.717, 1.165) is 0 Å². The van der Waals surface area contributed by atoms with Gasteiger partial charge in [-0.15, -0.1) is 0 Å². The number of rotatable bonds is 4. The third kappa shape index (κ3) is 3.23. The van der Waals surface area contributed by atoms with Gasteiger partial charge in [0.05, 0.1) is 18.1 Å². The molecule has 0 heterocycles. The Morgan fingerprint density at radius 3 is 2.69 bits per heavy atom. The van der Waals surface area contributed by atoms with Crippen molar-refractivity contribution >= 4 is 12.1 Å². The second-order valence-corrected chi connectivity index (χ2v) is 3.71. The van der Waals surface area contributed by atoms with Crippen molar-refractivity contribution < 1.29 is 24.5 Å². The molecular formula is C10H15NO5. The molecule has 90 valence electrons. The lowest BCUT2D eigenvalue weighted by molar-refractivity contribution is -0.141. The lowest BCUT2D eigenvalue weighted by Gasteiger charge is -2.15. The first-order chi connectivity index (χ1) is 7.54. The summed E-state index contributed by atoms with van der Waals surface area (Å²) in [5.74, 6) is -1.57. The molecule has 1 rings (SSSR count). The molecule has 1 amide bonds. The fourth-order valence-corrected chi connectivity index (χ4v) is 1.70. The molecule has 0 bridgehead atoms. The van der Waals surface area contributed by atoms with Crippen molar-refractivity contribution in [2.75, 3.05) is 6.61 Å². The zero-order valence-electron chi connectivity index (χ0n) is 8.76. The lowest BCUT2D eigenvalue weighted by Crippen LogP contribution is -2.40. The van der Waals surface area contributed by atoms with Gasteiger partial charge in [0.1, 0.15) is 6.61 Å². The molecule has 3 N–H and O–H groups in total. The van der Waals surface area contributed by atoms with Crippen molar-refractivity contribution in [2.24, 2.45) is 5.92 Å². The van der Waals surface area contributed by atoms with Gasteiger partial charge in [-0.25, -0.2) is 4.79 Å². The molecule has 0 unspecified atom stereocenters. The second kappa shape index (κ2) is 5.50. The van der Waals surface area contributed by atoms with E-state index < -0.39 is 30.1 Å². The third-order valence-electron chi connectivity index (χ3n) is 2.51. The van der Waals surface area contributed by atoms with Crippen molar-refractivity contribution in [1.29, 1.82) is 0 Å². The van der Waals surface area contributed by atoms with Crippen LogP contribution in [0.25, 0.3) is 0 Å². The molecule has 0 aromatic rings. The van der Waals surface area contributed by atoms with Crippen molar-refractivity contribution in [3.05, 3.63) is 12.7 Å². The van der Waals surface area contributed by atoms with Crippen LogP contribution in [0.4, 0.5) is 4.79 Å². The van der Waals surface area contributed by atoms with Gasteiger partial charge in [-0.1, -0.05) is 12.7 Å². The molecule has 0 spiro atoms. The van der Waals surface area contributed by atoms with Gasteiger partial charge in [-0.3, -0.25) is 4.79 Å². The molecule has 3 atom stereocenters. The Hall–Kier alpha value is -1.56. The number of carboxylic acids is 1. The molecule has 16 heavy (non-hydrogen) atoms. The van der Waals surface area contributed by atoms with E-state index in [1.54, 1.807) is 0 Å². The molecule has 1 saturated carbocycles. The van der Waals surface area contributed by atoms with E-state index in [2.05, 4.69) is 16.6 Å². The Labute approximate surface area is 92.9 Å². The maximum atomic E-state index is 11.1. The Bertz CT molecular complexity index is 291. The fourth-order valence-electron chi connectivity index (χ4n) is 1.70. The van der Waals surface area contributed by atoms with Crippen LogP contribution in [0, 0.1) is 5.92 Å². The number of aliphatic hydroxyl groups excluding tert-OH is 1. The largest absolute Gasteiger partial charge is 0.481 e. The molecule has 0 saturated heterocycles. The average molecular weight is 229 g/mol. The van der Waals surface area contributed by atoms with E-state index in [9.17, 15) is 14.7 Å². The summed E-state index contributed by atoms with van der Waals surface area (Å²) in [6, 6.07) is -0.557. The second-order valence-electron chi connectivity index (χ2n) is 3.71. The summed E-state index contributed by atoms with van der Waals surface area (Å²) in [5, 5.41) is 20.7. The molecule has 6 nitrogen and oxygen atoms in total. The van der Waals surface area contributed by atoms with Crippen LogP contribution in [-0.2, 0) is 9.53 Å². The molecule has 6 heteroatoms. The SMILES string of the molecule is C=CCOC(=O)N[C@H]1C[C@@H](C(=O)O)C[C@H]1O. The number of carboxylic acid groups (broad SMARTS) is 1. The standard InChI is InChI=1S/C10H15NO5/c1-2-3-16-10(15)11-7-4-6(9(13)14)5-8(7)12/h2,6-8,12H,1,3-5H2,(H,11,15)(H,13,14)/t6-,7+,8-/m1/s1. The molecule has 1 aliphatic carbocycles. The Kier molecular flexibility index (Phi) is 4.30. The van der Waals surface area contributed by atoms with Gasteiger partial charge in [0.2, 0.25) is 0 Å². The van der Waals surface area contributed by atoms with Gasteiger partial charge in [-0.2, -0.15) is 0 Å². The minimum Gasteiger partial charge on any atom is -0.481 e. The van der Waals surface area contributed by atoms with Gasteiger partial charge in [0.15, 0.2) is 0 Å². The van der Waals surface area contributed by atoms with E-state index in [-0.39, 0.29) is 19.4 Å². The highest BCUT2D eigenvalue weighted by Crippen LogP contribution is 2.26. The number of alkyl carbamates (subject to hydrolysis) is 1. The summed E-state index contributed by atoms with van der Waals surface area (Å²) in [6.07, 6.45) is 0.291. The zero-order chi connectivity index (χ0) is 12.1. The van der Waals surface area contributed by atoms with Gasteiger partial charge >= 0.3 is 12.1 Å². The third-order valence-corrected chi connectivity index (χ3v) is 2.51. The van der Waals surface area contributed by atoms with Crippen LogP contribution < -0.4 is 5.32 Å². The number of carbonyl (C=O) groups excluding carboxylic acids is 1. The first kappa shape index (κ1) is 12.5. The van der Waals surface area contributed by atoms with Crippen molar-refractivity contribution in [3.8, 4) is 0 Å². The summed E-state index contributed by atoms with van der Waals surface area (Å²) in [4.78, 5) is 21.8. The maximum Gasteiger partial charge on any atom is 0.407 e. The van der Waals surface area contributed by atoms with E-state index >= 15 is 0 Å². The predicted molar refractivity (Wildman–Crippen MR) is 54.8 cm³/mol. The lowest BCUT2D eigenvalue weighted by atomic mass is 10.1. The van der Waals surface area contributed by atoms with Crippen LogP contribution in [-0.4, -0.2) is 41.0 Å². The van der Waals surface area contributed by atoms with E-state index in [4.69, 9.17) is 5.11 Å². The first-order valence-electron chi connectivity index (χ1n) is 4.99. The minimum atomic E-state index is -0.956. The smallest absolute Gasteiger partial charge is 0.407 e. The van der Waals surface area contributed by atoms with Gasteiger partial charge in [0.25, 0.3) is 0 Å². The van der Waals surface area contributed by atoms with Crippen LogP contribution in [0.1, 0.15) is 12.8 Å². The zero-order valence-corrected chi connectivity index (χ0v) is 8.76. The Morgan fingerprint density at radius 1 is 1.50 bits per heavy atom. The number of amides is 1. The minimum absolute atomic E-state index is 0.0804. The molecule has 0 aliphatic heterocycles. The number of aliphatic carboxylic acids is 1. The quantitative estimate of drug-likeness (QED) is 0.595. The Morgan fingerprint density at radius 2 is 2.19 bits per heavy atom. The number of hydrogen-bond donors (Lipinski definition) is 3. The molecule has 0 aromatic carbocycles. The Balaban J connectivity index is 2.40. The number of carbonyl (C=O) groups is 2. The predicted octanol–water partition coefficient (Wildman–Crippen LogP) is 0.123. The van der Waals surface area contributed by atoms with Crippen LogP contribution >= 0.6 is 0 Å². The van der Waals surface area contributed by atoms with Crippen LogP contribution in [0.5, 0.6) is 0 Å². The van der Waals surface area contributed by atoms with E-state index in [1.807, 2.05) is 0 Å². The van der Waals surface area contributed by atoms with E-state index in [1.165, 1.54) is 6.08 Å². The summed E-state index contributed by atoms with van der Waals surface area (Å²) in [5.41, 5.74) is 0. The average Bonchev–Trinajstić information content (AvgIpc) is 2.57. The summed E-state index contributed by atoms with van der Waals surface area (Å²) >= 11 is 0. The molecule has 1 fully saturated rings. The number of nitrogens with one attached hydrogen (secondary N) is 1. The highest BCUT2D eigenvalue weighted by atomic mass is 16.5. The van der Waals surface area contributed by atoms with Crippen LogP contribution in [0.2, 0.25) is 0 Å². The van der Waals surface area contributed by atoms with Crippen molar-refractivity contribution in [1.82, 2.24) is 5.32 Å². The number of hydrogen-bond acceptors (Lipinski definition) is 4.